The number of aromatic nitrogens is 3. The molecule has 1 unspecified atom stereocenters. The largest absolute Gasteiger partial charge is 0.344 e. The predicted octanol–water partition coefficient (Wildman–Crippen LogP) is 3.75. The van der Waals surface area contributed by atoms with Crippen molar-refractivity contribution in [2.45, 2.75) is 53.2 Å². The average Bonchev–Trinajstić information content (AvgIpc) is 3.05. The fraction of sp³-hybridized carbons (Fsp3) is 0.562. The molecular formula is C16H25BrN4. The SMILES string of the molecule is CCNC(C)c1cccn1Cc1c(Br)c(CC)nn1CC. The second-order valence-electron chi connectivity index (χ2n) is 5.22. The zero-order chi connectivity index (χ0) is 15.4. The summed E-state index contributed by atoms with van der Waals surface area (Å²) in [6.07, 6.45) is 3.10. The van der Waals surface area contributed by atoms with Gasteiger partial charge in [0.15, 0.2) is 0 Å². The van der Waals surface area contributed by atoms with Crippen LogP contribution in [0.25, 0.3) is 0 Å². The van der Waals surface area contributed by atoms with Crippen LogP contribution in [0.3, 0.4) is 0 Å². The van der Waals surface area contributed by atoms with E-state index in [4.69, 9.17) is 0 Å². The van der Waals surface area contributed by atoms with E-state index in [1.807, 2.05) is 0 Å². The molecule has 116 valence electrons. The predicted molar refractivity (Wildman–Crippen MR) is 90.6 cm³/mol. The number of hydrogen-bond donors (Lipinski definition) is 1. The van der Waals surface area contributed by atoms with Crippen LogP contribution in [-0.4, -0.2) is 20.9 Å². The van der Waals surface area contributed by atoms with Crippen LogP contribution in [0.1, 0.15) is 50.8 Å². The summed E-state index contributed by atoms with van der Waals surface area (Å²) in [5, 5.41) is 8.16. The molecule has 0 aromatic carbocycles. The van der Waals surface area contributed by atoms with Crippen molar-refractivity contribution in [2.75, 3.05) is 6.54 Å². The molecule has 2 aromatic rings. The van der Waals surface area contributed by atoms with Crippen molar-refractivity contribution in [1.82, 2.24) is 19.7 Å². The van der Waals surface area contributed by atoms with Crippen LogP contribution in [0.15, 0.2) is 22.8 Å². The number of hydrogen-bond acceptors (Lipinski definition) is 2. The highest BCUT2D eigenvalue weighted by Gasteiger charge is 2.16. The molecule has 1 N–H and O–H groups in total. The maximum Gasteiger partial charge on any atom is 0.0767 e. The lowest BCUT2D eigenvalue weighted by atomic mass is 10.2. The standard InChI is InChI=1S/C16H25BrN4/c1-5-13-16(17)15(21(7-3)19-13)11-20-10-8-9-14(20)12(4)18-6-2/h8-10,12,18H,5-7,11H2,1-4H3. The molecule has 4 nitrogen and oxygen atoms in total. The number of halogens is 1. The van der Waals surface area contributed by atoms with E-state index in [0.717, 1.165) is 36.2 Å². The Hall–Kier alpha value is -1.07. The maximum absolute atomic E-state index is 4.68. The first-order valence-corrected chi connectivity index (χ1v) is 8.54. The smallest absolute Gasteiger partial charge is 0.0767 e. The van der Waals surface area contributed by atoms with Crippen LogP contribution >= 0.6 is 15.9 Å². The second kappa shape index (κ2) is 7.27. The fourth-order valence-electron chi connectivity index (χ4n) is 2.70. The van der Waals surface area contributed by atoms with Crippen LogP contribution in [0, 0.1) is 0 Å². The first kappa shape index (κ1) is 16.3. The molecule has 2 heterocycles. The summed E-state index contributed by atoms with van der Waals surface area (Å²) in [7, 11) is 0. The van der Waals surface area contributed by atoms with E-state index < -0.39 is 0 Å². The highest BCUT2D eigenvalue weighted by Crippen LogP contribution is 2.24. The van der Waals surface area contributed by atoms with Gasteiger partial charge in [-0.1, -0.05) is 13.8 Å². The lowest BCUT2D eigenvalue weighted by Gasteiger charge is -2.17. The van der Waals surface area contributed by atoms with Gasteiger partial charge in [0.2, 0.25) is 0 Å². The molecule has 0 spiro atoms. The summed E-state index contributed by atoms with van der Waals surface area (Å²) in [5.41, 5.74) is 3.70. The Morgan fingerprint density at radius 2 is 2.10 bits per heavy atom. The average molecular weight is 353 g/mol. The maximum atomic E-state index is 4.68. The van der Waals surface area contributed by atoms with Gasteiger partial charge in [-0.3, -0.25) is 4.68 Å². The molecule has 0 radical (unpaired) electrons. The molecule has 0 saturated carbocycles. The van der Waals surface area contributed by atoms with E-state index in [2.05, 4.69) is 81.6 Å². The monoisotopic (exact) mass is 352 g/mol. The Labute approximate surface area is 135 Å². The number of nitrogens with zero attached hydrogens (tertiary/aromatic N) is 3. The van der Waals surface area contributed by atoms with Crippen molar-refractivity contribution < 1.29 is 0 Å². The lowest BCUT2D eigenvalue weighted by Crippen LogP contribution is -2.21. The summed E-state index contributed by atoms with van der Waals surface area (Å²) < 4.78 is 5.56. The van der Waals surface area contributed by atoms with Gasteiger partial charge in [-0.2, -0.15) is 5.10 Å². The number of aryl methyl sites for hydroxylation is 2. The van der Waals surface area contributed by atoms with Gasteiger partial charge in [0.05, 0.1) is 22.4 Å². The fourth-order valence-corrected chi connectivity index (χ4v) is 3.39. The van der Waals surface area contributed by atoms with Gasteiger partial charge in [-0.25, -0.2) is 0 Å². The molecule has 21 heavy (non-hydrogen) atoms. The highest BCUT2D eigenvalue weighted by atomic mass is 79.9. The van der Waals surface area contributed by atoms with Gasteiger partial charge >= 0.3 is 0 Å². The Morgan fingerprint density at radius 1 is 1.33 bits per heavy atom. The van der Waals surface area contributed by atoms with Crippen molar-refractivity contribution in [1.29, 1.82) is 0 Å². The molecule has 1 atom stereocenters. The molecule has 0 saturated heterocycles. The summed E-state index contributed by atoms with van der Waals surface area (Å²) in [6.45, 7) is 11.3. The molecule has 5 heteroatoms. The number of rotatable bonds is 7. The Kier molecular flexibility index (Phi) is 5.65. The zero-order valence-corrected chi connectivity index (χ0v) is 14.9. The third-order valence-electron chi connectivity index (χ3n) is 3.83. The van der Waals surface area contributed by atoms with Crippen LogP contribution in [0.5, 0.6) is 0 Å². The summed E-state index contributed by atoms with van der Waals surface area (Å²) in [6, 6.07) is 4.66. The van der Waals surface area contributed by atoms with Crippen molar-refractivity contribution in [2.24, 2.45) is 0 Å². The Balaban J connectivity index is 2.31. The summed E-state index contributed by atoms with van der Waals surface area (Å²) in [4.78, 5) is 0. The van der Waals surface area contributed by atoms with E-state index in [1.165, 1.54) is 11.4 Å². The van der Waals surface area contributed by atoms with Crippen LogP contribution in [-0.2, 0) is 19.5 Å². The minimum absolute atomic E-state index is 0.354. The van der Waals surface area contributed by atoms with Crippen molar-refractivity contribution in [3.63, 3.8) is 0 Å². The van der Waals surface area contributed by atoms with Crippen LogP contribution in [0.2, 0.25) is 0 Å². The van der Waals surface area contributed by atoms with Gasteiger partial charge < -0.3 is 9.88 Å². The van der Waals surface area contributed by atoms with Crippen LogP contribution < -0.4 is 5.32 Å². The topological polar surface area (TPSA) is 34.8 Å². The Bertz CT molecular complexity index is 585. The van der Waals surface area contributed by atoms with E-state index in [1.54, 1.807) is 0 Å². The van der Waals surface area contributed by atoms with Crippen molar-refractivity contribution in [3.05, 3.63) is 39.9 Å². The molecule has 0 bridgehead atoms. The molecule has 0 aliphatic carbocycles. The lowest BCUT2D eigenvalue weighted by molar-refractivity contribution is 0.537. The van der Waals surface area contributed by atoms with Gasteiger partial charge in [-0.15, -0.1) is 0 Å². The number of nitrogens with one attached hydrogen (secondary N) is 1. The van der Waals surface area contributed by atoms with E-state index in [0.29, 0.717) is 6.04 Å². The second-order valence-corrected chi connectivity index (χ2v) is 6.01. The summed E-state index contributed by atoms with van der Waals surface area (Å²) >= 11 is 3.73. The van der Waals surface area contributed by atoms with Crippen molar-refractivity contribution in [3.8, 4) is 0 Å². The molecular weight excluding hydrogens is 328 g/mol. The quantitative estimate of drug-likeness (QED) is 0.823. The molecule has 0 fully saturated rings. The first-order valence-electron chi connectivity index (χ1n) is 7.74. The molecule has 0 aliphatic heterocycles. The van der Waals surface area contributed by atoms with E-state index >= 15 is 0 Å². The normalized spacial score (nSPS) is 12.8. The zero-order valence-electron chi connectivity index (χ0n) is 13.4. The molecule has 0 aliphatic rings. The van der Waals surface area contributed by atoms with Crippen molar-refractivity contribution >= 4 is 15.9 Å². The minimum Gasteiger partial charge on any atom is -0.344 e. The first-order chi connectivity index (χ1) is 10.1. The van der Waals surface area contributed by atoms with Gasteiger partial charge in [0, 0.05) is 24.5 Å². The molecule has 2 aromatic heterocycles. The summed E-state index contributed by atoms with van der Waals surface area (Å²) in [5.74, 6) is 0. The van der Waals surface area contributed by atoms with Gasteiger partial charge in [-0.05, 0) is 54.9 Å². The minimum atomic E-state index is 0.354. The van der Waals surface area contributed by atoms with E-state index in [-0.39, 0.29) is 0 Å². The van der Waals surface area contributed by atoms with E-state index in [9.17, 15) is 0 Å². The third-order valence-corrected chi connectivity index (χ3v) is 4.75. The van der Waals surface area contributed by atoms with Gasteiger partial charge in [0.1, 0.15) is 0 Å². The third kappa shape index (κ3) is 3.40. The molecule has 0 amide bonds. The highest BCUT2D eigenvalue weighted by molar-refractivity contribution is 9.10. The molecule has 2 rings (SSSR count). The van der Waals surface area contributed by atoms with Gasteiger partial charge in [0.25, 0.3) is 0 Å². The Morgan fingerprint density at radius 3 is 2.71 bits per heavy atom. The van der Waals surface area contributed by atoms with Crippen LogP contribution in [0.4, 0.5) is 0 Å².